The summed E-state index contributed by atoms with van der Waals surface area (Å²) in [5.74, 6) is 0.944. The third kappa shape index (κ3) is 7.34. The zero-order valence-electron chi connectivity index (χ0n) is 8.62. The topological polar surface area (TPSA) is 18.5 Å². The molecule has 0 heterocycles. The highest BCUT2D eigenvalue weighted by Gasteiger charge is 1.83. The summed E-state index contributed by atoms with van der Waals surface area (Å²) in [4.78, 5) is 0. The van der Waals surface area contributed by atoms with E-state index in [9.17, 15) is 0 Å². The van der Waals surface area contributed by atoms with Gasteiger partial charge in [0.2, 0.25) is 0 Å². The second-order valence-electron chi connectivity index (χ2n) is 2.32. The minimum absolute atomic E-state index is 0.740. The van der Waals surface area contributed by atoms with Gasteiger partial charge in [0.15, 0.2) is 0 Å². The first-order chi connectivity index (χ1) is 6.35. The Kier molecular flexibility index (Phi) is 8.36. The van der Waals surface area contributed by atoms with Crippen LogP contribution in [0.1, 0.15) is 13.8 Å². The Bertz CT molecular complexity index is 183. The van der Waals surface area contributed by atoms with Gasteiger partial charge in [0.05, 0.1) is 6.61 Å². The predicted molar refractivity (Wildman–Crippen MR) is 55.2 cm³/mol. The number of benzene rings is 1. The van der Waals surface area contributed by atoms with Crippen LogP contribution >= 0.6 is 0 Å². The number of rotatable bonds is 3. The highest BCUT2D eigenvalue weighted by molar-refractivity contribution is 5.20. The van der Waals surface area contributed by atoms with Crippen LogP contribution < -0.4 is 4.74 Å². The summed E-state index contributed by atoms with van der Waals surface area (Å²) >= 11 is 0. The van der Waals surface area contributed by atoms with Crippen molar-refractivity contribution in [3.63, 3.8) is 0 Å². The van der Waals surface area contributed by atoms with Gasteiger partial charge in [-0.3, -0.25) is 0 Å². The average Bonchev–Trinajstić information content (AvgIpc) is 2.20. The normalized spacial score (nSPS) is 8.54. The third-order valence-electron chi connectivity index (χ3n) is 1.34. The summed E-state index contributed by atoms with van der Waals surface area (Å²) in [5.41, 5.74) is 0. The van der Waals surface area contributed by atoms with Gasteiger partial charge < -0.3 is 9.47 Å². The lowest BCUT2D eigenvalue weighted by atomic mass is 10.3. The zero-order valence-corrected chi connectivity index (χ0v) is 8.62. The largest absolute Gasteiger partial charge is 0.494 e. The molecule has 1 aromatic rings. The van der Waals surface area contributed by atoms with Crippen LogP contribution in [0.2, 0.25) is 0 Å². The van der Waals surface area contributed by atoms with Crippen LogP contribution in [0.25, 0.3) is 0 Å². The van der Waals surface area contributed by atoms with E-state index in [1.807, 2.05) is 44.2 Å². The van der Waals surface area contributed by atoms with E-state index in [1.54, 1.807) is 7.11 Å². The van der Waals surface area contributed by atoms with Gasteiger partial charge in [0, 0.05) is 13.7 Å². The molecule has 1 rings (SSSR count). The van der Waals surface area contributed by atoms with Crippen molar-refractivity contribution in [2.75, 3.05) is 20.3 Å². The van der Waals surface area contributed by atoms with E-state index < -0.39 is 0 Å². The van der Waals surface area contributed by atoms with E-state index in [2.05, 4.69) is 4.74 Å². The number of hydrogen-bond acceptors (Lipinski definition) is 2. The summed E-state index contributed by atoms with van der Waals surface area (Å²) in [6.07, 6.45) is 0. The van der Waals surface area contributed by atoms with Crippen LogP contribution in [-0.2, 0) is 4.74 Å². The van der Waals surface area contributed by atoms with E-state index in [-0.39, 0.29) is 0 Å². The first-order valence-electron chi connectivity index (χ1n) is 4.51. The molecule has 0 bridgehead atoms. The second kappa shape index (κ2) is 9.07. The Morgan fingerprint density at radius 3 is 1.92 bits per heavy atom. The molecule has 0 fully saturated rings. The summed E-state index contributed by atoms with van der Waals surface area (Å²) < 4.78 is 9.75. The van der Waals surface area contributed by atoms with Crippen molar-refractivity contribution in [3.05, 3.63) is 30.3 Å². The molecule has 0 saturated carbocycles. The van der Waals surface area contributed by atoms with Crippen molar-refractivity contribution < 1.29 is 9.47 Å². The molecule has 0 aliphatic carbocycles. The number of methoxy groups -OCH3 is 1. The van der Waals surface area contributed by atoms with Crippen LogP contribution in [0.3, 0.4) is 0 Å². The van der Waals surface area contributed by atoms with Gasteiger partial charge >= 0.3 is 0 Å². The monoisotopic (exact) mass is 182 g/mol. The third-order valence-corrected chi connectivity index (χ3v) is 1.34. The van der Waals surface area contributed by atoms with E-state index in [0.29, 0.717) is 0 Å². The Labute approximate surface area is 80.5 Å². The molecule has 13 heavy (non-hydrogen) atoms. The minimum Gasteiger partial charge on any atom is -0.494 e. The molecule has 2 heteroatoms. The maximum absolute atomic E-state index is 5.21. The van der Waals surface area contributed by atoms with Crippen molar-refractivity contribution >= 4 is 0 Å². The van der Waals surface area contributed by atoms with Gasteiger partial charge in [-0.2, -0.15) is 0 Å². The highest BCUT2D eigenvalue weighted by Crippen LogP contribution is 2.06. The van der Waals surface area contributed by atoms with E-state index in [4.69, 9.17) is 4.74 Å². The van der Waals surface area contributed by atoms with Crippen molar-refractivity contribution in [2.45, 2.75) is 13.8 Å². The molecule has 0 unspecified atom stereocenters. The fourth-order valence-corrected chi connectivity index (χ4v) is 0.683. The highest BCUT2D eigenvalue weighted by atomic mass is 16.5. The Balaban J connectivity index is 0.000000310. The molecule has 0 aliphatic heterocycles. The van der Waals surface area contributed by atoms with Crippen molar-refractivity contribution in [1.29, 1.82) is 0 Å². The Morgan fingerprint density at radius 2 is 1.54 bits per heavy atom. The first kappa shape index (κ1) is 12.0. The number of hydrogen-bond donors (Lipinski definition) is 0. The molecule has 0 spiro atoms. The van der Waals surface area contributed by atoms with Crippen LogP contribution in [0.5, 0.6) is 5.75 Å². The molecule has 0 N–H and O–H groups in total. The van der Waals surface area contributed by atoms with Crippen LogP contribution in [-0.4, -0.2) is 20.3 Å². The molecule has 0 aromatic heterocycles. The zero-order chi connectivity index (χ0) is 9.94. The fourth-order valence-electron chi connectivity index (χ4n) is 0.683. The lowest BCUT2D eigenvalue weighted by Gasteiger charge is -1.99. The van der Waals surface area contributed by atoms with Gasteiger partial charge in [0.1, 0.15) is 5.75 Å². The molecule has 2 nitrogen and oxygen atoms in total. The van der Waals surface area contributed by atoms with Gasteiger partial charge in [-0.05, 0) is 26.0 Å². The molecule has 1 aromatic carbocycles. The lowest BCUT2D eigenvalue weighted by molar-refractivity contribution is 0.215. The summed E-state index contributed by atoms with van der Waals surface area (Å²) in [5, 5.41) is 0. The van der Waals surface area contributed by atoms with E-state index in [1.165, 1.54) is 0 Å². The number of para-hydroxylation sites is 1. The second-order valence-corrected chi connectivity index (χ2v) is 2.32. The Hall–Kier alpha value is -1.02. The van der Waals surface area contributed by atoms with Gasteiger partial charge in [-0.15, -0.1) is 0 Å². The SMILES string of the molecule is CCOC.CCOc1ccccc1. The summed E-state index contributed by atoms with van der Waals surface area (Å²) in [6.45, 7) is 5.50. The molecule has 0 aliphatic rings. The molecule has 0 radical (unpaired) electrons. The van der Waals surface area contributed by atoms with Crippen LogP contribution in [0.15, 0.2) is 30.3 Å². The predicted octanol–water partition coefficient (Wildman–Crippen LogP) is 2.74. The molecular weight excluding hydrogens is 164 g/mol. The lowest BCUT2D eigenvalue weighted by Crippen LogP contribution is -1.89. The standard InChI is InChI=1S/C8H10O.C3H8O/c1-2-9-8-6-4-3-5-7-8;1-3-4-2/h3-7H,2H2,1H3;3H2,1-2H3. The van der Waals surface area contributed by atoms with Crippen LogP contribution in [0.4, 0.5) is 0 Å². The van der Waals surface area contributed by atoms with Crippen LogP contribution in [0, 0.1) is 0 Å². The summed E-state index contributed by atoms with van der Waals surface area (Å²) in [7, 11) is 1.68. The van der Waals surface area contributed by atoms with E-state index >= 15 is 0 Å². The van der Waals surface area contributed by atoms with E-state index in [0.717, 1.165) is 19.0 Å². The maximum atomic E-state index is 5.21. The first-order valence-corrected chi connectivity index (χ1v) is 4.51. The number of ether oxygens (including phenoxy) is 2. The molecule has 0 saturated heterocycles. The van der Waals surface area contributed by atoms with Gasteiger partial charge in [0.25, 0.3) is 0 Å². The summed E-state index contributed by atoms with van der Waals surface area (Å²) in [6, 6.07) is 9.80. The average molecular weight is 182 g/mol. The van der Waals surface area contributed by atoms with Crippen molar-refractivity contribution in [2.24, 2.45) is 0 Å². The Morgan fingerprint density at radius 1 is 1.00 bits per heavy atom. The quantitative estimate of drug-likeness (QED) is 0.715. The molecule has 74 valence electrons. The maximum Gasteiger partial charge on any atom is 0.119 e. The molecular formula is C11H18O2. The van der Waals surface area contributed by atoms with Crippen molar-refractivity contribution in [3.8, 4) is 5.75 Å². The molecule has 0 amide bonds. The van der Waals surface area contributed by atoms with Crippen molar-refractivity contribution in [1.82, 2.24) is 0 Å². The minimum atomic E-state index is 0.740. The smallest absolute Gasteiger partial charge is 0.119 e. The van der Waals surface area contributed by atoms with Gasteiger partial charge in [-0.1, -0.05) is 18.2 Å². The molecule has 0 atom stereocenters. The van der Waals surface area contributed by atoms with Gasteiger partial charge in [-0.25, -0.2) is 0 Å². The fraction of sp³-hybridized carbons (Fsp3) is 0.455.